The normalized spacial score (nSPS) is 14.1. The van der Waals surface area contributed by atoms with Crippen molar-refractivity contribution >= 4 is 13.2 Å². The van der Waals surface area contributed by atoms with Gasteiger partial charge in [-0.15, -0.1) is 0 Å². The van der Waals surface area contributed by atoms with Gasteiger partial charge in [-0.1, -0.05) is 12.1 Å². The van der Waals surface area contributed by atoms with Crippen molar-refractivity contribution in [1.29, 1.82) is 0 Å². The lowest BCUT2D eigenvalue weighted by molar-refractivity contribution is -0.137. The van der Waals surface area contributed by atoms with E-state index in [1.807, 2.05) is 0 Å². The SMILES string of the molecule is CCOP(=O)(/C=C(/c1ccc(C(F)(F)F)cc1)C(F)(F)F)OCC. The van der Waals surface area contributed by atoms with E-state index < -0.39 is 36.6 Å². The van der Waals surface area contributed by atoms with Crippen molar-refractivity contribution in [2.75, 3.05) is 13.2 Å². The summed E-state index contributed by atoms with van der Waals surface area (Å²) in [6.07, 6.45) is -9.63. The second-order valence-corrected chi connectivity index (χ2v) is 6.35. The predicted molar refractivity (Wildman–Crippen MR) is 76.3 cm³/mol. The third-order valence-electron chi connectivity index (χ3n) is 2.73. The van der Waals surface area contributed by atoms with Crippen LogP contribution >= 0.6 is 7.60 Å². The lowest BCUT2D eigenvalue weighted by Crippen LogP contribution is -2.12. The molecule has 0 unspecified atom stereocenters. The number of hydrogen-bond acceptors (Lipinski definition) is 3. The van der Waals surface area contributed by atoms with Crippen LogP contribution in [0.25, 0.3) is 5.57 Å². The van der Waals surface area contributed by atoms with Crippen molar-refractivity contribution in [3.63, 3.8) is 0 Å². The molecular weight excluding hydrogens is 361 g/mol. The van der Waals surface area contributed by atoms with E-state index in [1.165, 1.54) is 13.8 Å². The number of halogens is 6. The Morgan fingerprint density at radius 2 is 1.46 bits per heavy atom. The van der Waals surface area contributed by atoms with Gasteiger partial charge in [0.1, 0.15) is 0 Å². The van der Waals surface area contributed by atoms with E-state index in [1.54, 1.807) is 0 Å². The fourth-order valence-electron chi connectivity index (χ4n) is 1.78. The van der Waals surface area contributed by atoms with E-state index >= 15 is 0 Å². The van der Waals surface area contributed by atoms with Crippen molar-refractivity contribution < 1.29 is 40.0 Å². The minimum Gasteiger partial charge on any atom is -0.306 e. The summed E-state index contributed by atoms with van der Waals surface area (Å²) >= 11 is 0. The van der Waals surface area contributed by atoms with Crippen LogP contribution in [-0.2, 0) is 19.8 Å². The topological polar surface area (TPSA) is 35.5 Å². The molecule has 0 aliphatic heterocycles. The lowest BCUT2D eigenvalue weighted by atomic mass is 10.0. The molecule has 0 radical (unpaired) electrons. The van der Waals surface area contributed by atoms with Crippen LogP contribution in [0.2, 0.25) is 0 Å². The predicted octanol–water partition coefficient (Wildman–Crippen LogP) is 5.87. The molecule has 0 heterocycles. The summed E-state index contributed by atoms with van der Waals surface area (Å²) in [5.74, 6) is 0.294. The molecule has 0 aliphatic carbocycles. The maximum Gasteiger partial charge on any atom is 0.417 e. The molecule has 0 saturated heterocycles. The van der Waals surface area contributed by atoms with E-state index in [2.05, 4.69) is 0 Å². The van der Waals surface area contributed by atoms with Gasteiger partial charge < -0.3 is 9.05 Å². The Bertz CT molecular complexity index is 609. The summed E-state index contributed by atoms with van der Waals surface area (Å²) < 4.78 is 99.0. The van der Waals surface area contributed by atoms with Crippen LogP contribution in [0.5, 0.6) is 0 Å². The zero-order valence-corrected chi connectivity index (χ0v) is 13.6. The van der Waals surface area contributed by atoms with Crippen LogP contribution in [-0.4, -0.2) is 19.4 Å². The van der Waals surface area contributed by atoms with Crippen molar-refractivity contribution in [3.05, 3.63) is 41.2 Å². The molecule has 0 saturated carbocycles. The molecule has 1 rings (SSSR count). The van der Waals surface area contributed by atoms with Crippen LogP contribution in [0.1, 0.15) is 25.0 Å². The van der Waals surface area contributed by atoms with E-state index in [9.17, 15) is 30.9 Å². The van der Waals surface area contributed by atoms with Crippen LogP contribution in [0, 0.1) is 0 Å². The third-order valence-corrected chi connectivity index (χ3v) is 4.54. The fraction of sp³-hybridized carbons (Fsp3) is 0.429. The smallest absolute Gasteiger partial charge is 0.306 e. The largest absolute Gasteiger partial charge is 0.417 e. The Morgan fingerprint density at radius 1 is 1.00 bits per heavy atom. The van der Waals surface area contributed by atoms with Gasteiger partial charge in [-0.2, -0.15) is 26.3 Å². The minimum atomic E-state index is -4.95. The van der Waals surface area contributed by atoms with Crippen molar-refractivity contribution in [2.24, 2.45) is 0 Å². The maximum atomic E-state index is 13.2. The molecule has 0 N–H and O–H groups in total. The first-order chi connectivity index (χ1) is 10.9. The number of alkyl halides is 6. The summed E-state index contributed by atoms with van der Waals surface area (Å²) in [4.78, 5) is 0. The summed E-state index contributed by atoms with van der Waals surface area (Å²) in [5, 5.41) is 0. The average molecular weight is 376 g/mol. The van der Waals surface area contributed by atoms with Gasteiger partial charge >= 0.3 is 19.9 Å². The zero-order valence-electron chi connectivity index (χ0n) is 12.7. The van der Waals surface area contributed by atoms with Crippen molar-refractivity contribution in [1.82, 2.24) is 0 Å². The molecule has 24 heavy (non-hydrogen) atoms. The Hall–Kier alpha value is -1.31. The Kier molecular flexibility index (Phi) is 6.67. The number of allylic oxidation sites excluding steroid dienone is 1. The highest BCUT2D eigenvalue weighted by Crippen LogP contribution is 2.53. The molecular formula is C14H15F6O3P. The van der Waals surface area contributed by atoms with Crippen LogP contribution < -0.4 is 0 Å². The third kappa shape index (κ3) is 5.65. The molecule has 0 spiro atoms. The molecule has 1 aromatic carbocycles. The van der Waals surface area contributed by atoms with Gasteiger partial charge in [0, 0.05) is 5.82 Å². The van der Waals surface area contributed by atoms with E-state index in [-0.39, 0.29) is 13.2 Å². The molecule has 0 aliphatic rings. The molecule has 10 heteroatoms. The maximum absolute atomic E-state index is 13.2. The first-order valence-corrected chi connectivity index (χ1v) is 8.40. The molecule has 0 bridgehead atoms. The number of hydrogen-bond donors (Lipinski definition) is 0. The Morgan fingerprint density at radius 3 is 1.79 bits per heavy atom. The van der Waals surface area contributed by atoms with Gasteiger partial charge in [0.05, 0.1) is 24.4 Å². The van der Waals surface area contributed by atoms with Crippen LogP contribution in [0.4, 0.5) is 26.3 Å². The van der Waals surface area contributed by atoms with Gasteiger partial charge in [-0.05, 0) is 31.5 Å². The van der Waals surface area contributed by atoms with Gasteiger partial charge in [0.25, 0.3) is 0 Å². The summed E-state index contributed by atoms with van der Waals surface area (Å²) in [7, 11) is -4.19. The second kappa shape index (κ2) is 7.72. The van der Waals surface area contributed by atoms with Gasteiger partial charge in [0.2, 0.25) is 0 Å². The summed E-state index contributed by atoms with van der Waals surface area (Å²) in [6.45, 7) is 2.52. The molecule has 1 aromatic rings. The molecule has 0 atom stereocenters. The number of rotatable bonds is 6. The Balaban J connectivity index is 3.37. The first kappa shape index (κ1) is 20.7. The van der Waals surface area contributed by atoms with E-state index in [4.69, 9.17) is 9.05 Å². The molecule has 0 aromatic heterocycles. The van der Waals surface area contributed by atoms with E-state index in [0.717, 1.165) is 0 Å². The highest BCUT2D eigenvalue weighted by Gasteiger charge is 2.39. The minimum absolute atomic E-state index is 0.161. The quantitative estimate of drug-likeness (QED) is 0.460. The van der Waals surface area contributed by atoms with Gasteiger partial charge in [-0.3, -0.25) is 4.57 Å². The van der Waals surface area contributed by atoms with Crippen LogP contribution in [0.3, 0.4) is 0 Å². The summed E-state index contributed by atoms with van der Waals surface area (Å²) in [5.41, 5.74) is -3.05. The molecule has 0 fully saturated rings. The first-order valence-electron chi connectivity index (χ1n) is 6.79. The zero-order chi connectivity index (χ0) is 18.6. The molecule has 3 nitrogen and oxygen atoms in total. The standard InChI is InChI=1S/C14H15F6O3P/c1-3-22-24(21,23-4-2)9-12(14(18,19)20)10-5-7-11(8-6-10)13(15,16)17/h5-9H,3-4H2,1-2H3/b12-9-. The summed E-state index contributed by atoms with van der Waals surface area (Å²) in [6, 6.07) is 2.34. The second-order valence-electron chi connectivity index (χ2n) is 4.49. The molecule has 136 valence electrons. The molecule has 0 amide bonds. The van der Waals surface area contributed by atoms with Crippen molar-refractivity contribution in [3.8, 4) is 0 Å². The van der Waals surface area contributed by atoms with Gasteiger partial charge in [-0.25, -0.2) is 0 Å². The highest BCUT2D eigenvalue weighted by atomic mass is 31.2. The fourth-order valence-corrected chi connectivity index (χ4v) is 3.34. The van der Waals surface area contributed by atoms with E-state index in [0.29, 0.717) is 30.1 Å². The van der Waals surface area contributed by atoms with Crippen molar-refractivity contribution in [2.45, 2.75) is 26.2 Å². The van der Waals surface area contributed by atoms with Gasteiger partial charge in [0.15, 0.2) is 0 Å². The average Bonchev–Trinajstić information content (AvgIpc) is 2.43. The lowest BCUT2D eigenvalue weighted by Gasteiger charge is -2.18. The van der Waals surface area contributed by atoms with Crippen LogP contribution in [0.15, 0.2) is 30.1 Å². The Labute approximate surface area is 134 Å². The number of benzene rings is 1. The highest BCUT2D eigenvalue weighted by molar-refractivity contribution is 7.57. The monoisotopic (exact) mass is 376 g/mol.